The number of aliphatic hydroxyl groups is 1. The number of nitrogens with zero attached hydrogens (tertiary/aromatic N) is 8. The van der Waals surface area contributed by atoms with E-state index in [-0.39, 0.29) is 48.4 Å². The fourth-order valence-electron chi connectivity index (χ4n) is 10.8. The number of hydrogen-bond donors (Lipinski definition) is 3. The molecule has 10 rings (SSSR count). The van der Waals surface area contributed by atoms with Crippen LogP contribution in [0.2, 0.25) is 0 Å². The Morgan fingerprint density at radius 3 is 2.29 bits per heavy atom. The maximum atomic E-state index is 14.4. The smallest absolute Gasteiger partial charge is 0.243 e. The number of fused-ring (bicyclic) bond motifs is 1. The van der Waals surface area contributed by atoms with Crippen LogP contribution in [0.15, 0.2) is 83.1 Å². The molecular formula is C53H59N9O5S2. The van der Waals surface area contributed by atoms with Gasteiger partial charge in [0.25, 0.3) is 0 Å². The van der Waals surface area contributed by atoms with E-state index >= 15 is 0 Å². The lowest BCUT2D eigenvalue weighted by Gasteiger charge is -2.32. The quantitative estimate of drug-likeness (QED) is 0.106. The Morgan fingerprint density at radius 2 is 1.59 bits per heavy atom. The summed E-state index contributed by atoms with van der Waals surface area (Å²) in [5, 5.41) is 38.9. The van der Waals surface area contributed by atoms with E-state index in [1.54, 1.807) is 28.7 Å². The van der Waals surface area contributed by atoms with E-state index < -0.39 is 18.1 Å². The highest BCUT2D eigenvalue weighted by Gasteiger charge is 2.44. The lowest BCUT2D eigenvalue weighted by atomic mass is 9.78. The number of anilines is 1. The molecule has 7 aromatic rings. The number of aryl methyl sites for hydroxylation is 2. The molecule has 1 aliphatic carbocycles. The Morgan fingerprint density at radius 1 is 0.870 bits per heavy atom. The maximum Gasteiger partial charge on any atom is 0.243 e. The van der Waals surface area contributed by atoms with Crippen molar-refractivity contribution in [3.63, 3.8) is 0 Å². The summed E-state index contributed by atoms with van der Waals surface area (Å²) in [5.74, 6) is 1.15. The molecule has 358 valence electrons. The van der Waals surface area contributed by atoms with Gasteiger partial charge in [-0.1, -0.05) is 55.4 Å². The molecule has 3 N–H and O–H groups in total. The fourth-order valence-corrected chi connectivity index (χ4v) is 12.9. The van der Waals surface area contributed by atoms with Crippen molar-refractivity contribution in [3.05, 3.63) is 117 Å². The number of amides is 2. The number of likely N-dealkylation sites (tertiary alicyclic amines) is 1. The van der Waals surface area contributed by atoms with E-state index in [1.807, 2.05) is 94.1 Å². The minimum absolute atomic E-state index is 0.0834. The largest absolute Gasteiger partial charge is 0.507 e. The van der Waals surface area contributed by atoms with Gasteiger partial charge in [0.1, 0.15) is 28.3 Å². The SMILES string of the molecule is Cc1ncsc1-c1ccc(C(C)NC(=O)[C@@H]2C[C@@H](O)CN2C(=O)[C@@H](c2cc([C@H]3CC[C@@H](c4cnc(N5CCC(c6sc7nnc(-c8ccccc8O)cc7c6C)CC5)nc4)CC3)no2)C(C)C)cc1. The Bertz CT molecular complexity index is 2930. The second-order valence-corrected chi connectivity index (χ2v) is 21.5. The first-order valence-corrected chi connectivity index (χ1v) is 26.0. The number of aliphatic hydroxyl groups excluding tert-OH is 1. The van der Waals surface area contributed by atoms with Crippen LogP contribution >= 0.6 is 22.7 Å². The summed E-state index contributed by atoms with van der Waals surface area (Å²) in [5.41, 5.74) is 9.47. The number of benzene rings is 2. The first-order valence-electron chi connectivity index (χ1n) is 24.3. The molecule has 0 bridgehead atoms. The zero-order valence-corrected chi connectivity index (χ0v) is 41.3. The van der Waals surface area contributed by atoms with Crippen molar-refractivity contribution >= 4 is 50.7 Å². The predicted molar refractivity (Wildman–Crippen MR) is 268 cm³/mol. The van der Waals surface area contributed by atoms with E-state index in [1.165, 1.54) is 15.3 Å². The second kappa shape index (κ2) is 19.7. The van der Waals surface area contributed by atoms with Crippen LogP contribution in [-0.4, -0.2) is 89.0 Å². The third kappa shape index (κ3) is 9.50. The first kappa shape index (κ1) is 46.6. The predicted octanol–water partition coefficient (Wildman–Crippen LogP) is 9.99. The van der Waals surface area contributed by atoms with Gasteiger partial charge in [0.2, 0.25) is 17.8 Å². The number of aromatic nitrogens is 6. The Balaban J connectivity index is 0.723. The van der Waals surface area contributed by atoms with Crippen LogP contribution in [0.4, 0.5) is 5.95 Å². The number of carbonyl (C=O) groups excluding carboxylic acids is 2. The van der Waals surface area contributed by atoms with Crippen molar-refractivity contribution in [2.75, 3.05) is 24.5 Å². The number of phenolic OH excluding ortho intramolecular Hbond substituents is 1. The van der Waals surface area contributed by atoms with Crippen LogP contribution in [0.25, 0.3) is 31.9 Å². The van der Waals surface area contributed by atoms with Gasteiger partial charge in [-0.15, -0.1) is 32.9 Å². The number of rotatable bonds is 12. The van der Waals surface area contributed by atoms with E-state index in [0.717, 1.165) is 101 Å². The van der Waals surface area contributed by atoms with Crippen molar-refractivity contribution in [1.82, 2.24) is 40.5 Å². The van der Waals surface area contributed by atoms with Gasteiger partial charge in [-0.2, -0.15) is 0 Å². The number of piperidine rings is 1. The minimum atomic E-state index is -0.803. The molecule has 2 amide bonds. The number of thiazole rings is 1. The molecule has 1 saturated carbocycles. The lowest BCUT2D eigenvalue weighted by Crippen LogP contribution is -2.48. The Labute approximate surface area is 410 Å². The van der Waals surface area contributed by atoms with Crippen molar-refractivity contribution in [3.8, 4) is 27.4 Å². The number of para-hydroxylation sites is 1. The van der Waals surface area contributed by atoms with Crippen LogP contribution in [0.5, 0.6) is 5.75 Å². The molecule has 5 aromatic heterocycles. The van der Waals surface area contributed by atoms with Crippen molar-refractivity contribution in [1.29, 1.82) is 0 Å². The molecule has 14 nitrogen and oxygen atoms in total. The number of β-amino-alcohol motifs (C(OH)–C–C–N with tert-alkyl or cyclic N) is 1. The summed E-state index contributed by atoms with van der Waals surface area (Å²) in [6.45, 7) is 11.9. The number of carbonyl (C=O) groups is 2. The zero-order valence-electron chi connectivity index (χ0n) is 39.7. The molecule has 1 unspecified atom stereocenters. The third-order valence-corrected chi connectivity index (χ3v) is 17.1. The van der Waals surface area contributed by atoms with Gasteiger partial charge >= 0.3 is 0 Å². The van der Waals surface area contributed by atoms with Crippen molar-refractivity contribution < 1.29 is 24.3 Å². The molecule has 0 spiro atoms. The lowest BCUT2D eigenvalue weighted by molar-refractivity contribution is -0.141. The van der Waals surface area contributed by atoms with Crippen LogP contribution in [0.1, 0.15) is 134 Å². The average molecular weight is 966 g/mol. The zero-order chi connectivity index (χ0) is 47.9. The van der Waals surface area contributed by atoms with Gasteiger partial charge < -0.3 is 29.9 Å². The normalized spacial score (nSPS) is 21.0. The number of phenols is 1. The first-order chi connectivity index (χ1) is 33.4. The molecular weight excluding hydrogens is 907 g/mol. The van der Waals surface area contributed by atoms with E-state index in [9.17, 15) is 19.8 Å². The summed E-state index contributed by atoms with van der Waals surface area (Å²) < 4.78 is 5.97. The summed E-state index contributed by atoms with van der Waals surface area (Å²) >= 11 is 3.33. The van der Waals surface area contributed by atoms with E-state index in [4.69, 9.17) is 14.5 Å². The van der Waals surface area contributed by atoms with Crippen LogP contribution < -0.4 is 10.2 Å². The standard InChI is InChI=1S/C53H59N9O5S2/c1-29(2)47(52(66)62-27-39(63)22-44(62)50(65)57-31(4)33-10-16-36(17-11-33)49-32(5)56-28-68-49)46-24-42(60-67-46)35-14-12-34(13-15-35)38-25-54-53(55-26-38)61-20-18-37(19-21-61)48-30(3)41-23-43(58-59-51(41)69-48)40-8-6-7-9-45(40)64/h6-11,16-17,23-26,28-29,31,34-35,37,39,44,47,63-64H,12-15,18-22,27H2,1-5H3,(H,57,65)/t31?,34-,35+,39-,44+,47-/m1/s1. The molecule has 16 heteroatoms. The van der Waals surface area contributed by atoms with Crippen LogP contribution in [0.3, 0.4) is 0 Å². The molecule has 2 aromatic carbocycles. The topological polar surface area (TPSA) is 184 Å². The van der Waals surface area contributed by atoms with Gasteiger partial charge in [-0.05, 0) is 118 Å². The summed E-state index contributed by atoms with van der Waals surface area (Å²) in [6, 6.07) is 18.2. The molecule has 7 heterocycles. The second-order valence-electron chi connectivity index (χ2n) is 19.6. The maximum absolute atomic E-state index is 14.4. The number of nitrogens with one attached hydrogen (secondary N) is 1. The van der Waals surface area contributed by atoms with Crippen LogP contribution in [-0.2, 0) is 9.59 Å². The molecule has 2 saturated heterocycles. The van der Waals surface area contributed by atoms with E-state index in [0.29, 0.717) is 28.9 Å². The van der Waals surface area contributed by atoms with Crippen molar-refractivity contribution in [2.24, 2.45) is 5.92 Å². The van der Waals surface area contributed by atoms with Gasteiger partial charge in [0.15, 0.2) is 0 Å². The monoisotopic (exact) mass is 965 g/mol. The summed E-state index contributed by atoms with van der Waals surface area (Å²) in [6.07, 6.45) is 9.19. The molecule has 4 atom stereocenters. The Hall–Kier alpha value is -6.10. The Kier molecular flexibility index (Phi) is 13.3. The highest BCUT2D eigenvalue weighted by Crippen LogP contribution is 2.43. The number of thiophene rings is 1. The summed E-state index contributed by atoms with van der Waals surface area (Å²) in [7, 11) is 0. The van der Waals surface area contributed by atoms with Gasteiger partial charge in [0.05, 0.1) is 39.6 Å². The average Bonchev–Trinajstić information content (AvgIpc) is 4.19. The highest BCUT2D eigenvalue weighted by atomic mass is 32.1. The van der Waals surface area contributed by atoms with Gasteiger partial charge in [-0.3, -0.25) is 9.59 Å². The minimum Gasteiger partial charge on any atom is -0.507 e. The number of hydrogen-bond acceptors (Lipinski definition) is 14. The molecule has 2 aliphatic heterocycles. The molecule has 0 radical (unpaired) electrons. The molecule has 69 heavy (non-hydrogen) atoms. The van der Waals surface area contributed by atoms with Crippen LogP contribution in [0, 0.1) is 19.8 Å². The number of aromatic hydroxyl groups is 1. The highest BCUT2D eigenvalue weighted by molar-refractivity contribution is 7.19. The van der Waals surface area contributed by atoms with Crippen molar-refractivity contribution in [2.45, 2.75) is 121 Å². The van der Waals surface area contributed by atoms with Gasteiger partial charge in [0, 0.05) is 66.3 Å². The van der Waals surface area contributed by atoms with Gasteiger partial charge in [-0.25, -0.2) is 15.0 Å². The third-order valence-electron chi connectivity index (χ3n) is 14.8. The molecule has 3 fully saturated rings. The molecule has 3 aliphatic rings. The van der Waals surface area contributed by atoms with E-state index in [2.05, 4.69) is 43.5 Å². The summed E-state index contributed by atoms with van der Waals surface area (Å²) in [4.78, 5) is 49.5. The fraction of sp³-hybridized carbons (Fsp3) is 0.434.